The van der Waals surface area contributed by atoms with E-state index >= 15 is 0 Å². The van der Waals surface area contributed by atoms with Crippen LogP contribution >= 0.6 is 11.8 Å². The highest BCUT2D eigenvalue weighted by molar-refractivity contribution is 7.99. The fourth-order valence-electron chi connectivity index (χ4n) is 2.17. The summed E-state index contributed by atoms with van der Waals surface area (Å²) < 4.78 is 6.45. The summed E-state index contributed by atoms with van der Waals surface area (Å²) in [6.07, 6.45) is 1.68. The Balaban J connectivity index is 1.66. The highest BCUT2D eigenvalue weighted by Gasteiger charge is 2.08. The molecule has 0 fully saturated rings. The number of hydrogen-bond donors (Lipinski definition) is 1. The smallest absolute Gasteiger partial charge is 0.355 e. The number of anilines is 1. The Morgan fingerprint density at radius 3 is 2.68 bits per heavy atom. The maximum Gasteiger partial charge on any atom is 0.355 e. The Bertz CT molecular complexity index is 970. The van der Waals surface area contributed by atoms with E-state index in [0.29, 0.717) is 17.1 Å². The fourth-order valence-corrected chi connectivity index (χ4v) is 2.80. The first-order valence-electron chi connectivity index (χ1n) is 7.49. The van der Waals surface area contributed by atoms with Gasteiger partial charge in [0.05, 0.1) is 12.9 Å². The van der Waals surface area contributed by atoms with E-state index in [4.69, 9.17) is 4.74 Å². The van der Waals surface area contributed by atoms with Gasteiger partial charge in [0.25, 0.3) is 0 Å². The topological polar surface area (TPSA) is 85.6 Å². The summed E-state index contributed by atoms with van der Waals surface area (Å²) in [5.41, 5.74) is 1.70. The number of fused-ring (bicyclic) bond motifs is 1. The second-order valence-corrected chi connectivity index (χ2v) is 6.23. The lowest BCUT2D eigenvalue weighted by Gasteiger charge is -2.06. The van der Waals surface area contributed by atoms with Gasteiger partial charge in [-0.1, -0.05) is 17.8 Å². The highest BCUT2D eigenvalue weighted by atomic mass is 32.2. The molecule has 0 aliphatic heterocycles. The van der Waals surface area contributed by atoms with Crippen molar-refractivity contribution in [2.75, 3.05) is 18.2 Å². The van der Waals surface area contributed by atoms with E-state index in [9.17, 15) is 9.59 Å². The third-order valence-electron chi connectivity index (χ3n) is 3.39. The van der Waals surface area contributed by atoms with Crippen LogP contribution in [0.2, 0.25) is 0 Å². The van der Waals surface area contributed by atoms with E-state index < -0.39 is 5.69 Å². The number of carbonyl (C=O) groups is 1. The molecule has 2 heterocycles. The molecule has 25 heavy (non-hydrogen) atoms. The van der Waals surface area contributed by atoms with Gasteiger partial charge in [0, 0.05) is 11.9 Å². The van der Waals surface area contributed by atoms with Gasteiger partial charge in [-0.3, -0.25) is 9.20 Å². The molecule has 3 aromatic rings. The summed E-state index contributed by atoms with van der Waals surface area (Å²) >= 11 is 1.12. The molecule has 3 rings (SSSR count). The van der Waals surface area contributed by atoms with Crippen LogP contribution in [0.3, 0.4) is 0 Å². The number of rotatable bonds is 5. The predicted molar refractivity (Wildman–Crippen MR) is 96.3 cm³/mol. The molecule has 0 bridgehead atoms. The molecule has 0 spiro atoms. The lowest BCUT2D eigenvalue weighted by molar-refractivity contribution is -0.113. The molecule has 0 radical (unpaired) electrons. The molecular weight excluding hydrogens is 340 g/mol. The third-order valence-corrected chi connectivity index (χ3v) is 4.24. The standard InChI is InChI=1S/C17H16N4O3S/c1-11-3-8-14-19-16(20-17(23)21(14)9-11)25-10-15(22)18-12-4-6-13(24-2)7-5-12/h3-9H,10H2,1-2H3,(H,18,22). The van der Waals surface area contributed by atoms with Crippen LogP contribution in [0.15, 0.2) is 52.5 Å². The molecule has 1 amide bonds. The molecule has 0 atom stereocenters. The van der Waals surface area contributed by atoms with Crippen molar-refractivity contribution in [2.24, 2.45) is 0 Å². The summed E-state index contributed by atoms with van der Waals surface area (Å²) in [6.45, 7) is 1.89. The van der Waals surface area contributed by atoms with Gasteiger partial charge in [-0.15, -0.1) is 0 Å². The molecule has 2 aromatic heterocycles. The molecule has 0 saturated carbocycles. The predicted octanol–water partition coefficient (Wildman–Crippen LogP) is 2.14. The molecule has 0 unspecified atom stereocenters. The van der Waals surface area contributed by atoms with Gasteiger partial charge in [-0.05, 0) is 42.8 Å². The third kappa shape index (κ3) is 4.16. The van der Waals surface area contributed by atoms with Gasteiger partial charge < -0.3 is 10.1 Å². The monoisotopic (exact) mass is 356 g/mol. The van der Waals surface area contributed by atoms with Crippen LogP contribution in [0, 0.1) is 6.92 Å². The number of aryl methyl sites for hydroxylation is 1. The number of benzene rings is 1. The second kappa shape index (κ2) is 7.35. The number of thioether (sulfide) groups is 1. The van der Waals surface area contributed by atoms with Crippen LogP contribution < -0.4 is 15.7 Å². The molecule has 0 aliphatic carbocycles. The zero-order chi connectivity index (χ0) is 17.8. The van der Waals surface area contributed by atoms with E-state index in [1.807, 2.05) is 13.0 Å². The van der Waals surface area contributed by atoms with Gasteiger partial charge in [-0.2, -0.15) is 4.98 Å². The quantitative estimate of drug-likeness (QED) is 0.705. The van der Waals surface area contributed by atoms with Gasteiger partial charge >= 0.3 is 5.69 Å². The normalized spacial score (nSPS) is 10.6. The summed E-state index contributed by atoms with van der Waals surface area (Å²) in [5, 5.41) is 3.05. The molecule has 0 aliphatic rings. The molecular formula is C17H16N4O3S. The number of nitrogens with one attached hydrogen (secondary N) is 1. The molecule has 1 aromatic carbocycles. The molecule has 128 valence electrons. The van der Waals surface area contributed by atoms with E-state index in [1.165, 1.54) is 4.40 Å². The molecule has 1 N–H and O–H groups in total. The second-order valence-electron chi connectivity index (χ2n) is 5.29. The lowest BCUT2D eigenvalue weighted by atomic mass is 10.3. The van der Waals surface area contributed by atoms with E-state index in [-0.39, 0.29) is 16.8 Å². The SMILES string of the molecule is COc1ccc(NC(=O)CSc2nc(=O)n3cc(C)ccc3n2)cc1. The summed E-state index contributed by atoms with van der Waals surface area (Å²) in [5.74, 6) is 0.614. The maximum atomic E-state index is 12.0. The lowest BCUT2D eigenvalue weighted by Crippen LogP contribution is -2.20. The number of ether oxygens (including phenoxy) is 1. The van der Waals surface area contributed by atoms with Crippen LogP contribution in [0.25, 0.3) is 5.65 Å². The Kier molecular flexibility index (Phi) is 4.99. The number of carbonyl (C=O) groups excluding carboxylic acids is 1. The van der Waals surface area contributed by atoms with Crippen LogP contribution in [0.1, 0.15) is 5.56 Å². The Hall–Kier alpha value is -2.87. The zero-order valence-electron chi connectivity index (χ0n) is 13.7. The van der Waals surface area contributed by atoms with Crippen molar-refractivity contribution in [3.8, 4) is 5.75 Å². The number of aromatic nitrogens is 3. The molecule has 7 nitrogen and oxygen atoms in total. The maximum absolute atomic E-state index is 12.0. The fraction of sp³-hybridized carbons (Fsp3) is 0.176. The summed E-state index contributed by atoms with van der Waals surface area (Å²) in [6, 6.07) is 10.6. The van der Waals surface area contributed by atoms with Crippen molar-refractivity contribution in [2.45, 2.75) is 12.1 Å². The number of nitrogens with zero attached hydrogens (tertiary/aromatic N) is 3. The van der Waals surface area contributed by atoms with Gasteiger partial charge in [0.2, 0.25) is 5.91 Å². The van der Waals surface area contributed by atoms with Crippen LogP contribution in [0.5, 0.6) is 5.75 Å². The summed E-state index contributed by atoms with van der Waals surface area (Å²) in [4.78, 5) is 32.3. The minimum Gasteiger partial charge on any atom is -0.497 e. The molecule has 8 heteroatoms. The van der Waals surface area contributed by atoms with Crippen molar-refractivity contribution in [3.63, 3.8) is 0 Å². The zero-order valence-corrected chi connectivity index (χ0v) is 14.5. The first-order valence-corrected chi connectivity index (χ1v) is 8.47. The van der Waals surface area contributed by atoms with Crippen molar-refractivity contribution in [3.05, 3.63) is 58.6 Å². The minimum atomic E-state index is -0.410. The average molecular weight is 356 g/mol. The molecule has 0 saturated heterocycles. The Morgan fingerprint density at radius 2 is 1.96 bits per heavy atom. The van der Waals surface area contributed by atoms with Crippen molar-refractivity contribution >= 4 is 29.0 Å². The van der Waals surface area contributed by atoms with E-state index in [0.717, 1.165) is 17.3 Å². The summed E-state index contributed by atoms with van der Waals surface area (Å²) in [7, 11) is 1.58. The van der Waals surface area contributed by atoms with Crippen LogP contribution in [-0.4, -0.2) is 33.1 Å². The van der Waals surface area contributed by atoms with Crippen molar-refractivity contribution in [1.29, 1.82) is 0 Å². The minimum absolute atomic E-state index is 0.105. The van der Waals surface area contributed by atoms with Gasteiger partial charge in [0.15, 0.2) is 5.16 Å². The average Bonchev–Trinajstić information content (AvgIpc) is 2.61. The van der Waals surface area contributed by atoms with Crippen molar-refractivity contribution in [1.82, 2.24) is 14.4 Å². The Labute approximate surface area is 148 Å². The van der Waals surface area contributed by atoms with Gasteiger partial charge in [0.1, 0.15) is 11.4 Å². The number of pyridine rings is 1. The van der Waals surface area contributed by atoms with Crippen LogP contribution in [-0.2, 0) is 4.79 Å². The number of amides is 1. The van der Waals surface area contributed by atoms with Gasteiger partial charge in [-0.25, -0.2) is 9.78 Å². The first kappa shape index (κ1) is 17.0. The largest absolute Gasteiger partial charge is 0.497 e. The Morgan fingerprint density at radius 1 is 1.20 bits per heavy atom. The number of hydrogen-bond acceptors (Lipinski definition) is 6. The first-order chi connectivity index (χ1) is 12.0. The van der Waals surface area contributed by atoms with Crippen molar-refractivity contribution < 1.29 is 9.53 Å². The highest BCUT2D eigenvalue weighted by Crippen LogP contribution is 2.16. The van der Waals surface area contributed by atoms with E-state index in [2.05, 4.69) is 15.3 Å². The number of methoxy groups -OCH3 is 1. The van der Waals surface area contributed by atoms with E-state index in [1.54, 1.807) is 43.6 Å². The van der Waals surface area contributed by atoms with Crippen LogP contribution in [0.4, 0.5) is 5.69 Å².